The van der Waals surface area contributed by atoms with Crippen molar-refractivity contribution in [3.05, 3.63) is 59.4 Å². The first-order valence-electron chi connectivity index (χ1n) is 9.94. The lowest BCUT2D eigenvalue weighted by atomic mass is 10.1. The average Bonchev–Trinajstić information content (AvgIpc) is 3.06. The van der Waals surface area contributed by atoms with E-state index in [1.54, 1.807) is 19.0 Å². The van der Waals surface area contributed by atoms with Gasteiger partial charge in [0, 0.05) is 25.9 Å². The van der Waals surface area contributed by atoms with E-state index in [1.165, 1.54) is 5.56 Å². The van der Waals surface area contributed by atoms with Gasteiger partial charge in [0.05, 0.1) is 24.2 Å². The Balaban J connectivity index is 0.000000344. The van der Waals surface area contributed by atoms with Crippen LogP contribution in [0.3, 0.4) is 0 Å². The molecule has 9 heteroatoms. The Kier molecular flexibility index (Phi) is 8.09. The third-order valence-corrected chi connectivity index (χ3v) is 4.72. The van der Waals surface area contributed by atoms with Gasteiger partial charge in [-0.3, -0.25) is 14.4 Å². The van der Waals surface area contributed by atoms with E-state index in [0.717, 1.165) is 28.2 Å². The van der Waals surface area contributed by atoms with Gasteiger partial charge in [-0.05, 0) is 25.5 Å². The number of hydrogen-bond acceptors (Lipinski definition) is 5. The number of carboxylic acids is 2. The van der Waals surface area contributed by atoms with Crippen LogP contribution < -0.4 is 5.73 Å². The molecule has 0 aliphatic heterocycles. The zero-order valence-electron chi connectivity index (χ0n) is 18.6. The minimum atomic E-state index is -1.29. The molecule has 3 aromatic rings. The Bertz CT molecular complexity index is 1120. The summed E-state index contributed by atoms with van der Waals surface area (Å²) < 4.78 is 2.03. The molecule has 170 valence electrons. The van der Waals surface area contributed by atoms with Crippen LogP contribution in [0.4, 0.5) is 0 Å². The van der Waals surface area contributed by atoms with E-state index in [2.05, 4.69) is 31.2 Å². The standard InChI is InChI=1S/C19H21N3O.C4H7NO4/c1-13-5-8-15(9-6-13)19-16(11-18(23)21(3)4)22-12-14(2)7-10-17(22)20-19;5-2(4(8)9)1-3(6)7/h5-10,12H,11H2,1-4H3;2H,1,5H2,(H,6,7)(H,8,9). The molecule has 32 heavy (non-hydrogen) atoms. The van der Waals surface area contributed by atoms with E-state index in [1.807, 2.05) is 29.7 Å². The number of carbonyl (C=O) groups excluding carboxylic acids is 1. The number of aromatic nitrogens is 2. The first kappa shape index (κ1) is 24.5. The number of rotatable bonds is 6. The number of likely N-dealkylation sites (N-methyl/N-ethyl adjacent to an activating group) is 1. The zero-order valence-corrected chi connectivity index (χ0v) is 18.6. The van der Waals surface area contributed by atoms with Crippen LogP contribution in [0.25, 0.3) is 16.9 Å². The first-order chi connectivity index (χ1) is 15.0. The van der Waals surface area contributed by atoms with Gasteiger partial charge >= 0.3 is 11.9 Å². The predicted molar refractivity (Wildman–Crippen MR) is 120 cm³/mol. The summed E-state index contributed by atoms with van der Waals surface area (Å²) in [6.45, 7) is 4.11. The van der Waals surface area contributed by atoms with E-state index in [-0.39, 0.29) is 5.91 Å². The van der Waals surface area contributed by atoms with Crippen molar-refractivity contribution in [3.8, 4) is 11.3 Å². The van der Waals surface area contributed by atoms with Crippen LogP contribution >= 0.6 is 0 Å². The summed E-state index contributed by atoms with van der Waals surface area (Å²) >= 11 is 0. The minimum absolute atomic E-state index is 0.0710. The Labute approximate surface area is 186 Å². The Morgan fingerprint density at radius 1 is 1.03 bits per heavy atom. The fraction of sp³-hybridized carbons (Fsp3) is 0.304. The van der Waals surface area contributed by atoms with Crippen molar-refractivity contribution in [1.82, 2.24) is 14.3 Å². The number of carboxylic acid groups (broad SMARTS) is 2. The molecule has 0 aliphatic rings. The lowest BCUT2D eigenvalue weighted by Gasteiger charge is -2.11. The number of pyridine rings is 1. The number of nitrogens with two attached hydrogens (primary N) is 1. The maximum absolute atomic E-state index is 12.3. The molecule has 0 spiro atoms. The Hall–Kier alpha value is -3.72. The van der Waals surface area contributed by atoms with Crippen molar-refractivity contribution in [3.63, 3.8) is 0 Å². The van der Waals surface area contributed by atoms with Gasteiger partial charge in [-0.15, -0.1) is 0 Å². The highest BCUT2D eigenvalue weighted by atomic mass is 16.4. The van der Waals surface area contributed by atoms with Crippen LogP contribution in [-0.2, 0) is 20.8 Å². The van der Waals surface area contributed by atoms with E-state index in [4.69, 9.17) is 20.9 Å². The number of nitrogens with zero attached hydrogens (tertiary/aromatic N) is 3. The summed E-state index contributed by atoms with van der Waals surface area (Å²) in [4.78, 5) is 38.3. The van der Waals surface area contributed by atoms with Crippen LogP contribution in [0, 0.1) is 13.8 Å². The van der Waals surface area contributed by atoms with Crippen molar-refractivity contribution in [2.45, 2.75) is 32.7 Å². The number of hydrogen-bond donors (Lipinski definition) is 3. The molecule has 2 heterocycles. The molecule has 2 aromatic heterocycles. The second-order valence-corrected chi connectivity index (χ2v) is 7.72. The van der Waals surface area contributed by atoms with Gasteiger partial charge < -0.3 is 25.2 Å². The van der Waals surface area contributed by atoms with Crippen LogP contribution in [-0.4, -0.2) is 62.5 Å². The molecule has 1 aromatic carbocycles. The van der Waals surface area contributed by atoms with Crippen LogP contribution in [0.5, 0.6) is 0 Å². The fourth-order valence-corrected chi connectivity index (χ4v) is 2.89. The Morgan fingerprint density at radius 2 is 1.62 bits per heavy atom. The highest BCUT2D eigenvalue weighted by Gasteiger charge is 2.18. The molecular weight excluding hydrogens is 412 g/mol. The van der Waals surface area contributed by atoms with Crippen molar-refractivity contribution in [2.75, 3.05) is 14.1 Å². The summed E-state index contributed by atoms with van der Waals surface area (Å²) in [7, 11) is 3.56. The molecule has 0 fully saturated rings. The molecule has 1 atom stereocenters. The summed E-state index contributed by atoms with van der Waals surface area (Å²) in [5, 5.41) is 16.0. The van der Waals surface area contributed by atoms with Gasteiger partial charge in [-0.1, -0.05) is 35.9 Å². The largest absolute Gasteiger partial charge is 0.481 e. The number of fused-ring (bicyclic) bond motifs is 1. The molecule has 0 saturated heterocycles. The second kappa shape index (κ2) is 10.5. The van der Waals surface area contributed by atoms with E-state index < -0.39 is 24.4 Å². The van der Waals surface area contributed by atoms with Gasteiger partial charge in [0.1, 0.15) is 11.7 Å². The first-order valence-corrected chi connectivity index (χ1v) is 9.94. The highest BCUT2D eigenvalue weighted by molar-refractivity contribution is 5.81. The summed E-state index contributed by atoms with van der Waals surface area (Å²) in [5.41, 5.74) is 10.9. The van der Waals surface area contributed by atoms with E-state index in [9.17, 15) is 14.4 Å². The van der Waals surface area contributed by atoms with Crippen molar-refractivity contribution in [2.24, 2.45) is 5.73 Å². The predicted octanol–water partition coefficient (Wildman–Crippen LogP) is 2.12. The molecule has 0 saturated carbocycles. The van der Waals surface area contributed by atoms with E-state index in [0.29, 0.717) is 6.42 Å². The fourth-order valence-electron chi connectivity index (χ4n) is 2.89. The molecule has 3 rings (SSSR count). The number of carbonyl (C=O) groups is 3. The maximum Gasteiger partial charge on any atom is 0.321 e. The third kappa shape index (κ3) is 6.39. The lowest BCUT2D eigenvalue weighted by Crippen LogP contribution is -2.32. The molecule has 0 radical (unpaired) electrons. The molecular formula is C23H28N4O5. The zero-order chi connectivity index (χ0) is 24.0. The van der Waals surface area contributed by atoms with Crippen LogP contribution in [0.2, 0.25) is 0 Å². The average molecular weight is 441 g/mol. The van der Waals surface area contributed by atoms with Crippen molar-refractivity contribution < 1.29 is 24.6 Å². The van der Waals surface area contributed by atoms with Gasteiger partial charge in [-0.25, -0.2) is 4.98 Å². The van der Waals surface area contributed by atoms with Gasteiger partial charge in [0.15, 0.2) is 0 Å². The maximum atomic E-state index is 12.3. The third-order valence-electron chi connectivity index (χ3n) is 4.72. The summed E-state index contributed by atoms with van der Waals surface area (Å²) in [6, 6.07) is 11.0. The van der Waals surface area contributed by atoms with Crippen LogP contribution in [0.15, 0.2) is 42.6 Å². The van der Waals surface area contributed by atoms with E-state index >= 15 is 0 Å². The van der Waals surface area contributed by atoms with Gasteiger partial charge in [-0.2, -0.15) is 0 Å². The molecule has 0 bridgehead atoms. The minimum Gasteiger partial charge on any atom is -0.481 e. The lowest BCUT2D eigenvalue weighted by molar-refractivity contribution is -0.144. The van der Waals surface area contributed by atoms with Crippen molar-refractivity contribution >= 4 is 23.5 Å². The quantitative estimate of drug-likeness (QED) is 0.534. The molecule has 0 aliphatic carbocycles. The summed E-state index contributed by atoms with van der Waals surface area (Å²) in [5.74, 6) is -2.43. The SMILES string of the molecule is Cc1ccc(-c2nc3ccc(C)cn3c2CC(=O)N(C)C)cc1.NC(CC(=O)O)C(=O)O. The Morgan fingerprint density at radius 3 is 2.12 bits per heavy atom. The van der Waals surface area contributed by atoms with Gasteiger partial charge in [0.25, 0.3) is 0 Å². The molecule has 4 N–H and O–H groups in total. The number of aliphatic carboxylic acids is 2. The van der Waals surface area contributed by atoms with Gasteiger partial charge in [0.2, 0.25) is 5.91 Å². The summed E-state index contributed by atoms with van der Waals surface area (Å²) in [6.07, 6.45) is 1.84. The number of aryl methyl sites for hydroxylation is 2. The highest BCUT2D eigenvalue weighted by Crippen LogP contribution is 2.26. The molecule has 9 nitrogen and oxygen atoms in total. The normalized spacial score (nSPS) is 11.4. The molecule has 1 amide bonds. The number of benzene rings is 1. The van der Waals surface area contributed by atoms with Crippen molar-refractivity contribution in [1.29, 1.82) is 0 Å². The topological polar surface area (TPSA) is 138 Å². The number of amides is 1. The second-order valence-electron chi connectivity index (χ2n) is 7.72. The number of imidazole rings is 1. The molecule has 1 unspecified atom stereocenters. The monoisotopic (exact) mass is 440 g/mol. The van der Waals surface area contributed by atoms with Crippen LogP contribution in [0.1, 0.15) is 23.2 Å². The smallest absolute Gasteiger partial charge is 0.321 e.